The van der Waals surface area contributed by atoms with Crippen LogP contribution in [0.5, 0.6) is 0 Å². The predicted molar refractivity (Wildman–Crippen MR) is 68.7 cm³/mol. The molecular formula is C9H14N6O2S. The van der Waals surface area contributed by atoms with Gasteiger partial charge >= 0.3 is 0 Å². The van der Waals surface area contributed by atoms with E-state index in [2.05, 4.69) is 20.0 Å². The number of imidazole rings is 1. The third-order valence-electron chi connectivity index (χ3n) is 2.17. The van der Waals surface area contributed by atoms with E-state index in [9.17, 15) is 8.42 Å². The van der Waals surface area contributed by atoms with E-state index in [1.54, 1.807) is 23.0 Å². The summed E-state index contributed by atoms with van der Waals surface area (Å²) >= 11 is 0. The van der Waals surface area contributed by atoms with Crippen LogP contribution in [0.3, 0.4) is 0 Å². The fraction of sp³-hybridized carbons (Fsp3) is 0.333. The second-order valence-electron chi connectivity index (χ2n) is 3.77. The molecule has 8 nitrogen and oxygen atoms in total. The number of rotatable bonds is 5. The van der Waals surface area contributed by atoms with Gasteiger partial charge in [0.1, 0.15) is 5.82 Å². The molecule has 2 heterocycles. The summed E-state index contributed by atoms with van der Waals surface area (Å²) in [5, 5.41) is 2.99. The van der Waals surface area contributed by atoms with Crippen LogP contribution in [-0.4, -0.2) is 42.1 Å². The number of nitrogens with two attached hydrogens (primary N) is 1. The molecule has 0 unspecified atom stereocenters. The molecule has 2 aromatic rings. The number of nitrogens with zero attached hydrogens (tertiary/aromatic N) is 3. The minimum atomic E-state index is -3.17. The monoisotopic (exact) mass is 270 g/mol. The summed E-state index contributed by atoms with van der Waals surface area (Å²) in [6, 6.07) is 0. The fourth-order valence-corrected chi connectivity index (χ4v) is 1.96. The Kier molecular flexibility index (Phi) is 3.34. The topological polar surface area (TPSA) is 114 Å². The van der Waals surface area contributed by atoms with Crippen LogP contribution >= 0.6 is 0 Å². The van der Waals surface area contributed by atoms with E-state index in [-0.39, 0.29) is 6.54 Å². The largest absolute Gasteiger partial charge is 0.382 e. The summed E-state index contributed by atoms with van der Waals surface area (Å²) in [6.07, 6.45) is 6.16. The van der Waals surface area contributed by atoms with E-state index < -0.39 is 10.0 Å². The van der Waals surface area contributed by atoms with Gasteiger partial charge in [-0.25, -0.2) is 23.1 Å². The van der Waals surface area contributed by atoms with E-state index in [0.29, 0.717) is 23.8 Å². The molecule has 0 aliphatic rings. The number of fused-ring (bicyclic) bond motifs is 1. The summed E-state index contributed by atoms with van der Waals surface area (Å²) in [5.41, 5.74) is 6.29. The zero-order chi connectivity index (χ0) is 13.2. The van der Waals surface area contributed by atoms with Crippen molar-refractivity contribution in [2.45, 2.75) is 0 Å². The van der Waals surface area contributed by atoms with E-state index in [1.165, 1.54) is 0 Å². The van der Waals surface area contributed by atoms with Crippen LogP contribution in [0.1, 0.15) is 0 Å². The average molecular weight is 270 g/mol. The molecular weight excluding hydrogens is 256 g/mol. The Hall–Kier alpha value is -1.87. The normalized spacial score (nSPS) is 11.8. The number of anilines is 2. The molecule has 9 heteroatoms. The molecule has 98 valence electrons. The van der Waals surface area contributed by atoms with Gasteiger partial charge in [0.15, 0.2) is 11.5 Å². The first-order valence-corrected chi connectivity index (χ1v) is 7.12. The first kappa shape index (κ1) is 12.6. The first-order valence-electron chi connectivity index (χ1n) is 5.23. The van der Waals surface area contributed by atoms with Crippen LogP contribution in [0.15, 0.2) is 18.6 Å². The Morgan fingerprint density at radius 1 is 1.44 bits per heavy atom. The molecule has 0 bridgehead atoms. The van der Waals surface area contributed by atoms with Crippen LogP contribution in [0.25, 0.3) is 5.65 Å². The van der Waals surface area contributed by atoms with Crippen molar-refractivity contribution in [2.75, 3.05) is 30.4 Å². The molecule has 0 amide bonds. The molecule has 18 heavy (non-hydrogen) atoms. The predicted octanol–water partition coefficient (Wildman–Crippen LogP) is -0.727. The van der Waals surface area contributed by atoms with E-state index in [1.807, 2.05) is 0 Å². The van der Waals surface area contributed by atoms with Crippen molar-refractivity contribution in [2.24, 2.45) is 0 Å². The van der Waals surface area contributed by atoms with Gasteiger partial charge in [-0.2, -0.15) is 0 Å². The summed E-state index contributed by atoms with van der Waals surface area (Å²) in [5.74, 6) is 0.884. The quantitative estimate of drug-likeness (QED) is 0.617. The van der Waals surface area contributed by atoms with Crippen molar-refractivity contribution in [3.63, 3.8) is 0 Å². The van der Waals surface area contributed by atoms with Gasteiger partial charge in [0, 0.05) is 25.5 Å². The van der Waals surface area contributed by atoms with Crippen molar-refractivity contribution >= 4 is 27.3 Å². The molecule has 0 atom stereocenters. The first-order chi connectivity index (χ1) is 8.46. The maximum atomic E-state index is 10.9. The lowest BCUT2D eigenvalue weighted by atomic mass is 10.5. The van der Waals surface area contributed by atoms with E-state index in [0.717, 1.165) is 6.26 Å². The fourth-order valence-electron chi connectivity index (χ4n) is 1.49. The van der Waals surface area contributed by atoms with E-state index >= 15 is 0 Å². The average Bonchev–Trinajstić information content (AvgIpc) is 2.70. The highest BCUT2D eigenvalue weighted by Gasteiger charge is 2.06. The minimum Gasteiger partial charge on any atom is -0.382 e. The minimum absolute atomic E-state index is 0.266. The van der Waals surface area contributed by atoms with Gasteiger partial charge in [-0.1, -0.05) is 0 Å². The summed E-state index contributed by atoms with van der Waals surface area (Å²) < 4.78 is 25.9. The third kappa shape index (κ3) is 3.08. The number of nitrogens with one attached hydrogen (secondary N) is 2. The Bertz CT molecular complexity index is 650. The number of aromatic nitrogens is 3. The summed E-state index contributed by atoms with van der Waals surface area (Å²) in [6.45, 7) is 0.661. The number of sulfonamides is 1. The van der Waals surface area contributed by atoms with Gasteiger partial charge in [0.2, 0.25) is 10.0 Å². The van der Waals surface area contributed by atoms with Crippen molar-refractivity contribution < 1.29 is 8.42 Å². The Labute approximate surface area is 104 Å². The van der Waals surface area contributed by atoms with Gasteiger partial charge in [-0.15, -0.1) is 0 Å². The highest BCUT2D eigenvalue weighted by atomic mass is 32.2. The van der Waals surface area contributed by atoms with Gasteiger partial charge in [0.05, 0.1) is 12.5 Å². The van der Waals surface area contributed by atoms with Crippen LogP contribution < -0.4 is 15.8 Å². The second kappa shape index (κ2) is 4.78. The molecule has 0 aromatic carbocycles. The van der Waals surface area contributed by atoms with Crippen LogP contribution in [-0.2, 0) is 10.0 Å². The molecule has 0 aliphatic heterocycles. The summed E-state index contributed by atoms with van der Waals surface area (Å²) in [7, 11) is -3.17. The van der Waals surface area contributed by atoms with Gasteiger partial charge in [-0.05, 0) is 0 Å². The van der Waals surface area contributed by atoms with Crippen molar-refractivity contribution in [3.8, 4) is 0 Å². The number of nitrogen functional groups attached to an aromatic ring is 1. The molecule has 2 aromatic heterocycles. The maximum absolute atomic E-state index is 10.9. The van der Waals surface area contributed by atoms with Gasteiger partial charge < -0.3 is 15.5 Å². The second-order valence-corrected chi connectivity index (χ2v) is 5.60. The summed E-state index contributed by atoms with van der Waals surface area (Å²) in [4.78, 5) is 8.24. The van der Waals surface area contributed by atoms with E-state index in [4.69, 9.17) is 5.73 Å². The van der Waals surface area contributed by atoms with Gasteiger partial charge in [-0.3, -0.25) is 0 Å². The molecule has 0 aliphatic carbocycles. The van der Waals surface area contributed by atoms with Crippen LogP contribution in [0, 0.1) is 0 Å². The van der Waals surface area contributed by atoms with Crippen LogP contribution in [0.4, 0.5) is 11.6 Å². The SMILES string of the molecule is CS(=O)(=O)NCCNc1nc(N)cn2ccnc12. The molecule has 4 N–H and O–H groups in total. The number of hydrogen-bond acceptors (Lipinski definition) is 6. The third-order valence-corrected chi connectivity index (χ3v) is 2.90. The Morgan fingerprint density at radius 3 is 2.94 bits per heavy atom. The molecule has 0 saturated heterocycles. The van der Waals surface area contributed by atoms with Crippen LogP contribution in [0.2, 0.25) is 0 Å². The Morgan fingerprint density at radius 2 is 2.22 bits per heavy atom. The molecule has 0 spiro atoms. The molecule has 2 rings (SSSR count). The highest BCUT2D eigenvalue weighted by molar-refractivity contribution is 7.88. The van der Waals surface area contributed by atoms with Crippen molar-refractivity contribution in [3.05, 3.63) is 18.6 Å². The van der Waals surface area contributed by atoms with Gasteiger partial charge in [0.25, 0.3) is 0 Å². The maximum Gasteiger partial charge on any atom is 0.208 e. The van der Waals surface area contributed by atoms with Crippen molar-refractivity contribution in [1.29, 1.82) is 0 Å². The standard InChI is InChI=1S/C9H14N6O2S/c1-18(16,17)13-3-2-11-8-9-12-4-5-15(9)6-7(10)14-8/h4-6,13H,2-3,10H2,1H3,(H,11,14). The lowest BCUT2D eigenvalue weighted by Gasteiger charge is -2.08. The highest BCUT2D eigenvalue weighted by Crippen LogP contribution is 2.13. The Balaban J connectivity index is 2.05. The molecule has 0 saturated carbocycles. The molecule has 0 radical (unpaired) electrons. The number of hydrogen-bond donors (Lipinski definition) is 3. The lowest BCUT2D eigenvalue weighted by Crippen LogP contribution is -2.28. The zero-order valence-corrected chi connectivity index (χ0v) is 10.6. The van der Waals surface area contributed by atoms with Crippen molar-refractivity contribution in [1.82, 2.24) is 19.1 Å². The zero-order valence-electron chi connectivity index (χ0n) is 9.79. The smallest absolute Gasteiger partial charge is 0.208 e. The molecule has 0 fully saturated rings. The lowest BCUT2D eigenvalue weighted by molar-refractivity contribution is 0.589.